The van der Waals surface area contributed by atoms with Gasteiger partial charge in [-0.2, -0.15) is 0 Å². The van der Waals surface area contributed by atoms with Gasteiger partial charge in [0.05, 0.1) is 12.7 Å². The fourth-order valence-corrected chi connectivity index (χ4v) is 2.22. The number of ether oxygens (including phenoxy) is 1. The highest BCUT2D eigenvalue weighted by Crippen LogP contribution is 2.30. The molecule has 0 aromatic heterocycles. The number of hydrogen-bond donors (Lipinski definition) is 1. The van der Waals surface area contributed by atoms with Crippen LogP contribution in [0.5, 0.6) is 5.75 Å². The molecule has 92 valence electrons. The molecule has 2 aromatic rings. The van der Waals surface area contributed by atoms with Crippen molar-refractivity contribution in [2.24, 2.45) is 0 Å². The Morgan fingerprint density at radius 3 is 2.56 bits per heavy atom. The molecule has 1 unspecified atom stereocenters. The van der Waals surface area contributed by atoms with Crippen LogP contribution in [0.15, 0.2) is 42.5 Å². The normalized spacial score (nSPS) is 17.7. The first-order chi connectivity index (χ1) is 8.72. The van der Waals surface area contributed by atoms with Crippen molar-refractivity contribution in [2.45, 2.75) is 12.5 Å². The molecule has 1 fully saturated rings. The van der Waals surface area contributed by atoms with E-state index in [1.165, 1.54) is 0 Å². The molecule has 1 saturated heterocycles. The molecule has 1 atom stereocenters. The number of phenols is 1. The highest BCUT2D eigenvalue weighted by atomic mass is 35.5. The highest BCUT2D eigenvalue weighted by molar-refractivity contribution is 6.30. The van der Waals surface area contributed by atoms with Gasteiger partial charge in [-0.1, -0.05) is 29.8 Å². The highest BCUT2D eigenvalue weighted by Gasteiger charge is 2.24. The van der Waals surface area contributed by atoms with Crippen LogP contribution in [0, 0.1) is 0 Å². The molecule has 0 radical (unpaired) electrons. The Hall–Kier alpha value is -1.51. The van der Waals surface area contributed by atoms with Crippen molar-refractivity contribution in [3.63, 3.8) is 0 Å². The first-order valence-electron chi connectivity index (χ1n) is 5.92. The lowest BCUT2D eigenvalue weighted by Crippen LogP contribution is -1.96. The van der Waals surface area contributed by atoms with Crippen LogP contribution in [0.3, 0.4) is 0 Å². The van der Waals surface area contributed by atoms with Crippen LogP contribution >= 0.6 is 11.6 Å². The molecular formula is C15H13ClO2. The lowest BCUT2D eigenvalue weighted by Gasteiger charge is -2.09. The zero-order valence-corrected chi connectivity index (χ0v) is 10.5. The molecule has 1 heterocycles. The number of rotatable bonds is 3. The van der Waals surface area contributed by atoms with E-state index in [9.17, 15) is 5.11 Å². The van der Waals surface area contributed by atoms with Crippen LogP contribution in [0.25, 0.3) is 11.1 Å². The van der Waals surface area contributed by atoms with E-state index in [1.807, 2.05) is 36.4 Å². The van der Waals surface area contributed by atoms with Gasteiger partial charge in [-0.15, -0.1) is 0 Å². The predicted octanol–water partition coefficient (Wildman–Crippen LogP) is 3.65. The summed E-state index contributed by atoms with van der Waals surface area (Å²) < 4.78 is 5.26. The fraction of sp³-hybridized carbons (Fsp3) is 0.200. The quantitative estimate of drug-likeness (QED) is 0.855. The number of phenolic OH excluding ortho intramolecular Hbond substituents is 1. The molecule has 0 bridgehead atoms. The van der Waals surface area contributed by atoms with Crippen molar-refractivity contribution in [2.75, 3.05) is 6.61 Å². The molecule has 1 aliphatic rings. The van der Waals surface area contributed by atoms with Gasteiger partial charge in [0, 0.05) is 11.4 Å². The summed E-state index contributed by atoms with van der Waals surface area (Å²) in [7, 11) is 0. The Balaban J connectivity index is 2.01. The van der Waals surface area contributed by atoms with E-state index in [4.69, 9.17) is 16.3 Å². The van der Waals surface area contributed by atoms with Crippen LogP contribution < -0.4 is 0 Å². The lowest BCUT2D eigenvalue weighted by atomic mass is 9.96. The minimum Gasteiger partial charge on any atom is -0.508 e. The first-order valence-corrected chi connectivity index (χ1v) is 6.29. The summed E-state index contributed by atoms with van der Waals surface area (Å²) in [5.41, 5.74) is 3.34. The molecule has 2 aromatic carbocycles. The van der Waals surface area contributed by atoms with Crippen LogP contribution in [0.2, 0.25) is 5.02 Å². The molecule has 3 rings (SSSR count). The summed E-state index contributed by atoms with van der Waals surface area (Å²) >= 11 is 5.90. The fourth-order valence-electron chi connectivity index (χ4n) is 2.09. The second-order valence-corrected chi connectivity index (χ2v) is 4.94. The van der Waals surface area contributed by atoms with Gasteiger partial charge in [-0.05, 0) is 41.0 Å². The third-order valence-corrected chi connectivity index (χ3v) is 3.35. The average Bonchev–Trinajstić information content (AvgIpc) is 3.15. The molecule has 1 N–H and O–H groups in total. The lowest BCUT2D eigenvalue weighted by molar-refractivity contribution is 0.407. The standard InChI is InChI=1S/C15H13ClO2/c16-12-3-1-10(2-4-12)15-6-5-13(17)7-11(15)8-14-9-18-14/h1-7,14,17H,8-9H2. The van der Waals surface area contributed by atoms with E-state index in [2.05, 4.69) is 0 Å². The summed E-state index contributed by atoms with van der Waals surface area (Å²) in [6.07, 6.45) is 1.14. The first kappa shape index (κ1) is 11.6. The second kappa shape index (κ2) is 4.63. The van der Waals surface area contributed by atoms with Crippen molar-refractivity contribution in [1.82, 2.24) is 0 Å². The third kappa shape index (κ3) is 2.50. The zero-order chi connectivity index (χ0) is 12.5. The van der Waals surface area contributed by atoms with Crippen molar-refractivity contribution >= 4 is 11.6 Å². The predicted molar refractivity (Wildman–Crippen MR) is 72.0 cm³/mol. The molecule has 2 nitrogen and oxygen atoms in total. The van der Waals surface area contributed by atoms with Crippen molar-refractivity contribution < 1.29 is 9.84 Å². The summed E-state index contributed by atoms with van der Waals surface area (Å²) in [5, 5.41) is 10.3. The minimum absolute atomic E-state index is 0.295. The van der Waals surface area contributed by atoms with E-state index in [0.717, 1.165) is 34.7 Å². The molecule has 0 aliphatic carbocycles. The van der Waals surface area contributed by atoms with Gasteiger partial charge in [0.2, 0.25) is 0 Å². The van der Waals surface area contributed by atoms with Gasteiger partial charge in [0.1, 0.15) is 5.75 Å². The van der Waals surface area contributed by atoms with Crippen LogP contribution in [0.1, 0.15) is 5.56 Å². The average molecular weight is 261 g/mol. The molecular weight excluding hydrogens is 248 g/mol. The SMILES string of the molecule is Oc1ccc(-c2ccc(Cl)cc2)c(CC2CO2)c1. The number of epoxide rings is 1. The van der Waals surface area contributed by atoms with E-state index in [-0.39, 0.29) is 0 Å². The van der Waals surface area contributed by atoms with Crippen molar-refractivity contribution in [3.05, 3.63) is 53.1 Å². The summed E-state index contributed by atoms with van der Waals surface area (Å²) in [5.74, 6) is 0.295. The van der Waals surface area contributed by atoms with Gasteiger partial charge in [0.25, 0.3) is 0 Å². The van der Waals surface area contributed by atoms with E-state index in [1.54, 1.807) is 6.07 Å². The number of aromatic hydroxyl groups is 1. The summed E-state index contributed by atoms with van der Waals surface area (Å²) in [4.78, 5) is 0. The smallest absolute Gasteiger partial charge is 0.115 e. The number of benzene rings is 2. The number of hydrogen-bond acceptors (Lipinski definition) is 2. The second-order valence-electron chi connectivity index (χ2n) is 4.51. The van der Waals surface area contributed by atoms with E-state index >= 15 is 0 Å². The van der Waals surface area contributed by atoms with E-state index in [0.29, 0.717) is 11.9 Å². The Labute approximate surface area is 111 Å². The summed E-state index contributed by atoms with van der Waals surface area (Å²) in [6, 6.07) is 13.2. The monoisotopic (exact) mass is 260 g/mol. The largest absolute Gasteiger partial charge is 0.508 e. The van der Waals surface area contributed by atoms with Crippen molar-refractivity contribution in [3.8, 4) is 16.9 Å². The van der Waals surface area contributed by atoms with Gasteiger partial charge in [-0.3, -0.25) is 0 Å². The molecule has 0 amide bonds. The zero-order valence-electron chi connectivity index (χ0n) is 9.77. The van der Waals surface area contributed by atoms with Crippen molar-refractivity contribution in [1.29, 1.82) is 0 Å². The topological polar surface area (TPSA) is 32.8 Å². The molecule has 0 saturated carbocycles. The van der Waals surface area contributed by atoms with E-state index < -0.39 is 0 Å². The Morgan fingerprint density at radius 2 is 1.89 bits per heavy atom. The van der Waals surface area contributed by atoms with Gasteiger partial charge < -0.3 is 9.84 Å². The Morgan fingerprint density at radius 1 is 1.17 bits per heavy atom. The van der Waals surface area contributed by atoms with Crippen LogP contribution in [0.4, 0.5) is 0 Å². The minimum atomic E-state index is 0.295. The summed E-state index contributed by atoms with van der Waals surface area (Å²) in [6.45, 7) is 0.815. The van der Waals surface area contributed by atoms with Crippen LogP contribution in [-0.2, 0) is 11.2 Å². The van der Waals surface area contributed by atoms with Crippen LogP contribution in [-0.4, -0.2) is 17.8 Å². The molecule has 1 aliphatic heterocycles. The van der Waals surface area contributed by atoms with Gasteiger partial charge in [-0.25, -0.2) is 0 Å². The maximum absolute atomic E-state index is 9.60. The number of halogens is 1. The van der Waals surface area contributed by atoms with Gasteiger partial charge in [0.15, 0.2) is 0 Å². The Bertz CT molecular complexity index is 559. The third-order valence-electron chi connectivity index (χ3n) is 3.09. The maximum Gasteiger partial charge on any atom is 0.115 e. The molecule has 18 heavy (non-hydrogen) atoms. The molecule has 0 spiro atoms. The van der Waals surface area contributed by atoms with Gasteiger partial charge >= 0.3 is 0 Å². The molecule has 3 heteroatoms. The Kier molecular flexibility index (Phi) is 2.98. The maximum atomic E-state index is 9.60.